The summed E-state index contributed by atoms with van der Waals surface area (Å²) in [6.45, 7) is 2.15. The zero-order valence-electron chi connectivity index (χ0n) is 9.72. The first-order valence-electron chi connectivity index (χ1n) is 5.25. The van der Waals surface area contributed by atoms with E-state index in [2.05, 4.69) is 10.6 Å². The summed E-state index contributed by atoms with van der Waals surface area (Å²) in [6.07, 6.45) is 0. The van der Waals surface area contributed by atoms with Crippen molar-refractivity contribution in [3.05, 3.63) is 28.5 Å². The number of benzene rings is 1. The van der Waals surface area contributed by atoms with Crippen molar-refractivity contribution in [2.45, 2.75) is 6.92 Å². The molecule has 0 saturated heterocycles. The van der Waals surface area contributed by atoms with Crippen molar-refractivity contribution in [3.8, 4) is 0 Å². The van der Waals surface area contributed by atoms with Crippen LogP contribution in [-0.2, 0) is 4.79 Å². The number of hydrogen-bond donors (Lipinski definition) is 3. The maximum absolute atomic E-state index is 13.5. The molecule has 0 heterocycles. The molecule has 1 aromatic rings. The van der Waals surface area contributed by atoms with Crippen molar-refractivity contribution in [2.75, 3.05) is 18.4 Å². The molecule has 0 saturated carbocycles. The largest absolute Gasteiger partial charge is 0.375 e. The highest BCUT2D eigenvalue weighted by atomic mass is 35.5. The van der Waals surface area contributed by atoms with E-state index >= 15 is 0 Å². The molecule has 1 rings (SSSR count). The van der Waals surface area contributed by atoms with Crippen molar-refractivity contribution in [2.24, 2.45) is 5.73 Å². The van der Waals surface area contributed by atoms with Crippen LogP contribution in [0.5, 0.6) is 0 Å². The van der Waals surface area contributed by atoms with E-state index in [0.29, 0.717) is 6.54 Å². The van der Waals surface area contributed by atoms with Crippen LogP contribution in [0, 0.1) is 5.82 Å². The number of nitrogens with one attached hydrogen (secondary N) is 2. The number of primary amides is 1. The van der Waals surface area contributed by atoms with Crippen LogP contribution in [0.25, 0.3) is 0 Å². The Balaban J connectivity index is 2.93. The van der Waals surface area contributed by atoms with Crippen LogP contribution in [0.15, 0.2) is 12.1 Å². The number of anilines is 1. The van der Waals surface area contributed by atoms with E-state index < -0.39 is 11.7 Å². The third-order valence-electron chi connectivity index (χ3n) is 2.11. The van der Waals surface area contributed by atoms with Gasteiger partial charge in [-0.05, 0) is 19.1 Å². The third kappa shape index (κ3) is 3.59. The summed E-state index contributed by atoms with van der Waals surface area (Å²) in [4.78, 5) is 22.4. The number of likely N-dealkylation sites (N-methyl/N-ethyl adjacent to an activating group) is 1. The molecule has 0 aliphatic heterocycles. The summed E-state index contributed by atoms with van der Waals surface area (Å²) in [5.74, 6) is -2.04. The van der Waals surface area contributed by atoms with Gasteiger partial charge in [-0.15, -0.1) is 0 Å². The highest BCUT2D eigenvalue weighted by Crippen LogP contribution is 2.24. The maximum Gasteiger partial charge on any atom is 0.253 e. The highest BCUT2D eigenvalue weighted by molar-refractivity contribution is 6.31. The molecule has 2 amide bonds. The Kier molecular flexibility index (Phi) is 4.91. The van der Waals surface area contributed by atoms with Gasteiger partial charge in [-0.3, -0.25) is 9.59 Å². The molecule has 0 radical (unpaired) electrons. The zero-order chi connectivity index (χ0) is 13.7. The smallest absolute Gasteiger partial charge is 0.253 e. The van der Waals surface area contributed by atoms with E-state index in [-0.39, 0.29) is 28.7 Å². The van der Waals surface area contributed by atoms with Crippen LogP contribution in [0.1, 0.15) is 17.3 Å². The lowest BCUT2D eigenvalue weighted by molar-refractivity contribution is -0.119. The fourth-order valence-corrected chi connectivity index (χ4v) is 1.60. The van der Waals surface area contributed by atoms with Gasteiger partial charge in [-0.2, -0.15) is 0 Å². The Hall–Kier alpha value is -1.82. The summed E-state index contributed by atoms with van der Waals surface area (Å²) in [6, 6.07) is 2.32. The summed E-state index contributed by atoms with van der Waals surface area (Å²) in [5.41, 5.74) is 4.85. The van der Waals surface area contributed by atoms with Crippen LogP contribution < -0.4 is 16.4 Å². The topological polar surface area (TPSA) is 84.2 Å². The van der Waals surface area contributed by atoms with E-state index in [9.17, 15) is 14.0 Å². The molecule has 5 nitrogen and oxygen atoms in total. The first kappa shape index (κ1) is 14.2. The SMILES string of the molecule is CCNC(=O)CNc1cc(Cl)cc(F)c1C(N)=O. The lowest BCUT2D eigenvalue weighted by atomic mass is 10.1. The zero-order valence-corrected chi connectivity index (χ0v) is 10.5. The fraction of sp³-hybridized carbons (Fsp3) is 0.273. The van der Waals surface area contributed by atoms with E-state index in [1.807, 2.05) is 0 Å². The Bertz CT molecular complexity index is 480. The van der Waals surface area contributed by atoms with Gasteiger partial charge in [0.1, 0.15) is 5.82 Å². The standard InChI is InChI=1S/C11H13ClFN3O2/c1-2-15-9(17)5-16-8-4-6(12)3-7(13)10(8)11(14)18/h3-4,16H,2,5H2,1H3,(H2,14,18)(H,15,17). The molecule has 1 aromatic carbocycles. The van der Waals surface area contributed by atoms with Gasteiger partial charge < -0.3 is 16.4 Å². The Morgan fingerprint density at radius 1 is 1.44 bits per heavy atom. The average Bonchev–Trinajstić information content (AvgIpc) is 2.25. The molecule has 0 aliphatic rings. The van der Waals surface area contributed by atoms with Gasteiger partial charge in [-0.1, -0.05) is 11.6 Å². The predicted octanol–water partition coefficient (Wildman–Crippen LogP) is 1.13. The minimum atomic E-state index is -0.928. The molecular weight excluding hydrogens is 261 g/mol. The quantitative estimate of drug-likeness (QED) is 0.752. The first-order valence-corrected chi connectivity index (χ1v) is 5.63. The van der Waals surface area contributed by atoms with Gasteiger partial charge in [0.25, 0.3) is 5.91 Å². The number of carbonyl (C=O) groups excluding carboxylic acids is 2. The van der Waals surface area contributed by atoms with Crippen LogP contribution >= 0.6 is 11.6 Å². The summed E-state index contributed by atoms with van der Waals surface area (Å²) in [7, 11) is 0. The van der Waals surface area contributed by atoms with Crippen LogP contribution in [0.4, 0.5) is 10.1 Å². The molecule has 0 atom stereocenters. The van der Waals surface area contributed by atoms with Gasteiger partial charge >= 0.3 is 0 Å². The van der Waals surface area contributed by atoms with Crippen molar-refractivity contribution in [3.63, 3.8) is 0 Å². The fourth-order valence-electron chi connectivity index (χ4n) is 1.40. The second-order valence-corrected chi connectivity index (χ2v) is 3.92. The highest BCUT2D eigenvalue weighted by Gasteiger charge is 2.16. The van der Waals surface area contributed by atoms with Crippen molar-refractivity contribution < 1.29 is 14.0 Å². The molecule has 0 aliphatic carbocycles. The van der Waals surface area contributed by atoms with E-state index in [1.165, 1.54) is 6.07 Å². The number of halogens is 2. The Labute approximate surface area is 108 Å². The minimum Gasteiger partial charge on any atom is -0.375 e. The third-order valence-corrected chi connectivity index (χ3v) is 2.33. The molecule has 0 fully saturated rings. The molecule has 0 bridgehead atoms. The van der Waals surface area contributed by atoms with Crippen LogP contribution in [0.2, 0.25) is 5.02 Å². The summed E-state index contributed by atoms with van der Waals surface area (Å²) < 4.78 is 13.5. The monoisotopic (exact) mass is 273 g/mol. The second kappa shape index (κ2) is 6.20. The van der Waals surface area contributed by atoms with E-state index in [4.69, 9.17) is 17.3 Å². The molecule has 0 spiro atoms. The molecule has 4 N–H and O–H groups in total. The number of amides is 2. The molecule has 7 heteroatoms. The average molecular weight is 274 g/mol. The van der Waals surface area contributed by atoms with Crippen LogP contribution in [-0.4, -0.2) is 24.9 Å². The molecule has 0 aromatic heterocycles. The molecular formula is C11H13ClFN3O2. The molecule has 0 unspecified atom stereocenters. The number of carbonyl (C=O) groups is 2. The van der Waals surface area contributed by atoms with Crippen molar-refractivity contribution in [1.82, 2.24) is 5.32 Å². The van der Waals surface area contributed by atoms with Gasteiger partial charge in [0.05, 0.1) is 17.8 Å². The predicted molar refractivity (Wildman–Crippen MR) is 67.1 cm³/mol. The summed E-state index contributed by atoms with van der Waals surface area (Å²) in [5, 5.41) is 5.28. The van der Waals surface area contributed by atoms with Gasteiger partial charge in [0, 0.05) is 11.6 Å². The lowest BCUT2D eigenvalue weighted by Gasteiger charge is -2.11. The molecule has 18 heavy (non-hydrogen) atoms. The summed E-state index contributed by atoms with van der Waals surface area (Å²) >= 11 is 5.67. The number of hydrogen-bond acceptors (Lipinski definition) is 3. The minimum absolute atomic E-state index is 0.0961. The molecule has 98 valence electrons. The Morgan fingerprint density at radius 3 is 2.67 bits per heavy atom. The Morgan fingerprint density at radius 2 is 2.11 bits per heavy atom. The van der Waals surface area contributed by atoms with E-state index in [1.54, 1.807) is 6.92 Å². The van der Waals surface area contributed by atoms with Gasteiger partial charge in [0.2, 0.25) is 5.91 Å². The number of rotatable bonds is 5. The maximum atomic E-state index is 13.5. The van der Waals surface area contributed by atoms with Gasteiger partial charge in [-0.25, -0.2) is 4.39 Å². The number of nitrogens with two attached hydrogens (primary N) is 1. The van der Waals surface area contributed by atoms with Crippen LogP contribution in [0.3, 0.4) is 0 Å². The normalized spacial score (nSPS) is 9.94. The first-order chi connectivity index (χ1) is 8.45. The van der Waals surface area contributed by atoms with Crippen molar-refractivity contribution in [1.29, 1.82) is 0 Å². The van der Waals surface area contributed by atoms with Crippen molar-refractivity contribution >= 4 is 29.1 Å². The second-order valence-electron chi connectivity index (χ2n) is 3.48. The lowest BCUT2D eigenvalue weighted by Crippen LogP contribution is -2.30. The van der Waals surface area contributed by atoms with Gasteiger partial charge in [0.15, 0.2) is 0 Å². The van der Waals surface area contributed by atoms with E-state index in [0.717, 1.165) is 6.07 Å².